The molecule has 0 aliphatic heterocycles. The normalized spacial score (nSPS) is 31.0. The van der Waals surface area contributed by atoms with Crippen LogP contribution in [0.3, 0.4) is 0 Å². The standard InChI is InChI=1S/C9H18N2O2/c1-6(10)9(13)11-7-3-2-4-8(12)5-7/h6-8,12H,2-5,10H2,1H3,(H,11,13)/t6-,7?,8?/m1/s1. The summed E-state index contributed by atoms with van der Waals surface area (Å²) in [5, 5.41) is 12.2. The summed E-state index contributed by atoms with van der Waals surface area (Å²) < 4.78 is 0. The minimum absolute atomic E-state index is 0.113. The summed E-state index contributed by atoms with van der Waals surface area (Å²) in [5.41, 5.74) is 5.41. The van der Waals surface area contributed by atoms with E-state index in [-0.39, 0.29) is 18.1 Å². The molecule has 4 heteroatoms. The molecule has 13 heavy (non-hydrogen) atoms. The Kier molecular flexibility index (Phi) is 3.69. The van der Waals surface area contributed by atoms with E-state index in [4.69, 9.17) is 5.73 Å². The van der Waals surface area contributed by atoms with E-state index in [0.717, 1.165) is 19.3 Å². The first kappa shape index (κ1) is 10.5. The topological polar surface area (TPSA) is 75.4 Å². The number of hydrogen-bond donors (Lipinski definition) is 3. The summed E-state index contributed by atoms with van der Waals surface area (Å²) in [6.07, 6.45) is 3.19. The van der Waals surface area contributed by atoms with Crippen molar-refractivity contribution in [2.24, 2.45) is 5.73 Å². The summed E-state index contributed by atoms with van der Waals surface area (Å²) in [4.78, 5) is 11.2. The van der Waals surface area contributed by atoms with Crippen molar-refractivity contribution in [3.05, 3.63) is 0 Å². The lowest BCUT2D eigenvalue weighted by Crippen LogP contribution is -2.46. The molecule has 1 aliphatic rings. The molecule has 0 saturated heterocycles. The fraction of sp³-hybridized carbons (Fsp3) is 0.889. The van der Waals surface area contributed by atoms with Gasteiger partial charge < -0.3 is 16.2 Å². The first-order chi connectivity index (χ1) is 6.09. The lowest BCUT2D eigenvalue weighted by molar-refractivity contribution is -0.123. The predicted molar refractivity (Wildman–Crippen MR) is 50.1 cm³/mol. The Balaban J connectivity index is 2.31. The van der Waals surface area contributed by atoms with Gasteiger partial charge >= 0.3 is 0 Å². The lowest BCUT2D eigenvalue weighted by atomic mass is 9.93. The van der Waals surface area contributed by atoms with Crippen molar-refractivity contribution < 1.29 is 9.90 Å². The number of aliphatic hydroxyl groups is 1. The molecule has 0 aromatic heterocycles. The number of amides is 1. The van der Waals surface area contributed by atoms with E-state index in [2.05, 4.69) is 5.32 Å². The van der Waals surface area contributed by atoms with Gasteiger partial charge in [-0.25, -0.2) is 0 Å². The number of hydrogen-bond acceptors (Lipinski definition) is 3. The van der Waals surface area contributed by atoms with Crippen LogP contribution < -0.4 is 11.1 Å². The minimum Gasteiger partial charge on any atom is -0.393 e. The molecule has 1 rings (SSSR count). The van der Waals surface area contributed by atoms with Crippen LogP contribution in [0.2, 0.25) is 0 Å². The highest BCUT2D eigenvalue weighted by Crippen LogP contribution is 2.18. The van der Waals surface area contributed by atoms with E-state index in [9.17, 15) is 9.90 Å². The molecule has 76 valence electrons. The molecular formula is C9H18N2O2. The second-order valence-electron chi connectivity index (χ2n) is 3.81. The highest BCUT2D eigenvalue weighted by molar-refractivity contribution is 5.81. The van der Waals surface area contributed by atoms with Crippen molar-refractivity contribution in [2.75, 3.05) is 0 Å². The maximum Gasteiger partial charge on any atom is 0.236 e. The van der Waals surface area contributed by atoms with Crippen molar-refractivity contribution in [3.63, 3.8) is 0 Å². The van der Waals surface area contributed by atoms with Crippen molar-refractivity contribution in [2.45, 2.75) is 50.8 Å². The summed E-state index contributed by atoms with van der Waals surface area (Å²) in [6.45, 7) is 1.66. The third-order valence-electron chi connectivity index (χ3n) is 2.41. The molecule has 0 aromatic rings. The fourth-order valence-electron chi connectivity index (χ4n) is 1.63. The van der Waals surface area contributed by atoms with Gasteiger partial charge in [0.1, 0.15) is 0 Å². The van der Waals surface area contributed by atoms with E-state index in [1.165, 1.54) is 0 Å². The Bertz CT molecular complexity index is 182. The number of nitrogens with one attached hydrogen (secondary N) is 1. The van der Waals surface area contributed by atoms with Gasteiger partial charge in [0.05, 0.1) is 12.1 Å². The molecule has 1 fully saturated rings. The minimum atomic E-state index is -0.459. The predicted octanol–water partition coefficient (Wildman–Crippen LogP) is -0.247. The molecule has 0 radical (unpaired) electrons. The summed E-state index contributed by atoms with van der Waals surface area (Å²) >= 11 is 0. The zero-order valence-corrected chi connectivity index (χ0v) is 7.99. The van der Waals surface area contributed by atoms with Gasteiger partial charge in [-0.05, 0) is 32.6 Å². The highest BCUT2D eigenvalue weighted by Gasteiger charge is 2.22. The number of nitrogens with two attached hydrogens (primary N) is 1. The summed E-state index contributed by atoms with van der Waals surface area (Å²) in [7, 11) is 0. The number of aliphatic hydroxyl groups excluding tert-OH is 1. The van der Waals surface area contributed by atoms with Crippen LogP contribution in [0.15, 0.2) is 0 Å². The Hall–Kier alpha value is -0.610. The van der Waals surface area contributed by atoms with E-state index < -0.39 is 6.04 Å². The molecule has 1 amide bonds. The number of carbonyl (C=O) groups excluding carboxylic acids is 1. The largest absolute Gasteiger partial charge is 0.393 e. The fourth-order valence-corrected chi connectivity index (χ4v) is 1.63. The quantitative estimate of drug-likeness (QED) is 0.557. The maximum absolute atomic E-state index is 11.2. The Morgan fingerprint density at radius 1 is 1.62 bits per heavy atom. The SMILES string of the molecule is C[C@@H](N)C(=O)NC1CCCC(O)C1. The lowest BCUT2D eigenvalue weighted by Gasteiger charge is -2.27. The molecule has 0 aromatic carbocycles. The third kappa shape index (κ3) is 3.32. The van der Waals surface area contributed by atoms with Crippen molar-refractivity contribution in [3.8, 4) is 0 Å². The zero-order chi connectivity index (χ0) is 9.84. The first-order valence-corrected chi connectivity index (χ1v) is 4.83. The van der Waals surface area contributed by atoms with Crippen LogP contribution in [-0.4, -0.2) is 29.2 Å². The maximum atomic E-state index is 11.2. The van der Waals surface area contributed by atoms with Crippen LogP contribution in [-0.2, 0) is 4.79 Å². The van der Waals surface area contributed by atoms with Gasteiger partial charge in [0.15, 0.2) is 0 Å². The van der Waals surface area contributed by atoms with Crippen LogP contribution in [0.1, 0.15) is 32.6 Å². The van der Waals surface area contributed by atoms with Crippen LogP contribution in [0.5, 0.6) is 0 Å². The van der Waals surface area contributed by atoms with E-state index in [0.29, 0.717) is 6.42 Å². The van der Waals surface area contributed by atoms with Crippen molar-refractivity contribution in [1.82, 2.24) is 5.32 Å². The average molecular weight is 186 g/mol. The molecule has 4 N–H and O–H groups in total. The number of rotatable bonds is 2. The number of carbonyl (C=O) groups is 1. The Labute approximate surface area is 78.5 Å². The molecule has 3 atom stereocenters. The molecule has 2 unspecified atom stereocenters. The van der Waals surface area contributed by atoms with Gasteiger partial charge in [-0.2, -0.15) is 0 Å². The van der Waals surface area contributed by atoms with Crippen molar-refractivity contribution >= 4 is 5.91 Å². The van der Waals surface area contributed by atoms with Gasteiger partial charge in [0.25, 0.3) is 0 Å². The average Bonchev–Trinajstić information content (AvgIpc) is 2.04. The summed E-state index contributed by atoms with van der Waals surface area (Å²) in [5.74, 6) is -0.126. The molecular weight excluding hydrogens is 168 g/mol. The molecule has 0 heterocycles. The third-order valence-corrected chi connectivity index (χ3v) is 2.41. The Morgan fingerprint density at radius 2 is 2.31 bits per heavy atom. The van der Waals surface area contributed by atoms with E-state index >= 15 is 0 Å². The molecule has 1 saturated carbocycles. The van der Waals surface area contributed by atoms with Crippen LogP contribution >= 0.6 is 0 Å². The molecule has 0 bridgehead atoms. The van der Waals surface area contributed by atoms with E-state index in [1.807, 2.05) is 0 Å². The van der Waals surface area contributed by atoms with Gasteiger partial charge in [-0.1, -0.05) is 0 Å². The smallest absolute Gasteiger partial charge is 0.236 e. The highest BCUT2D eigenvalue weighted by atomic mass is 16.3. The van der Waals surface area contributed by atoms with Gasteiger partial charge in [0, 0.05) is 6.04 Å². The second kappa shape index (κ2) is 4.58. The summed E-state index contributed by atoms with van der Waals surface area (Å²) in [6, 6.07) is -0.346. The van der Waals surface area contributed by atoms with Gasteiger partial charge in [0.2, 0.25) is 5.91 Å². The molecule has 4 nitrogen and oxygen atoms in total. The molecule has 1 aliphatic carbocycles. The van der Waals surface area contributed by atoms with Crippen LogP contribution in [0.25, 0.3) is 0 Å². The zero-order valence-electron chi connectivity index (χ0n) is 7.99. The van der Waals surface area contributed by atoms with Gasteiger partial charge in [-0.15, -0.1) is 0 Å². The first-order valence-electron chi connectivity index (χ1n) is 4.83. The van der Waals surface area contributed by atoms with Crippen LogP contribution in [0, 0.1) is 0 Å². The van der Waals surface area contributed by atoms with Crippen molar-refractivity contribution in [1.29, 1.82) is 0 Å². The molecule has 0 spiro atoms. The Morgan fingerprint density at radius 3 is 2.85 bits per heavy atom. The van der Waals surface area contributed by atoms with Crippen LogP contribution in [0.4, 0.5) is 0 Å². The second-order valence-corrected chi connectivity index (χ2v) is 3.81. The monoisotopic (exact) mass is 186 g/mol. The van der Waals surface area contributed by atoms with Gasteiger partial charge in [-0.3, -0.25) is 4.79 Å². The van der Waals surface area contributed by atoms with E-state index in [1.54, 1.807) is 6.92 Å².